The number of aromatic nitrogens is 1. The minimum absolute atomic E-state index is 0.309. The van der Waals surface area contributed by atoms with E-state index < -0.39 is 6.09 Å². The van der Waals surface area contributed by atoms with Crippen molar-refractivity contribution in [3.05, 3.63) is 34.7 Å². The highest BCUT2D eigenvalue weighted by Crippen LogP contribution is 2.31. The second-order valence-corrected chi connectivity index (χ2v) is 4.97. The average Bonchev–Trinajstić information content (AvgIpc) is 2.77. The molecule has 1 heterocycles. The molecule has 0 saturated heterocycles. The van der Waals surface area contributed by atoms with Gasteiger partial charge in [0, 0.05) is 30.1 Å². The zero-order chi connectivity index (χ0) is 13.1. The molecule has 1 amide bonds. The molecule has 1 aromatic heterocycles. The SMILES string of the molecule is CN(C)C(=O)Oc1nc(-c2ccccc2Cl)cs1. The predicted octanol–water partition coefficient (Wildman–Crippen LogP) is 3.52. The second kappa shape index (κ2) is 5.37. The van der Waals surface area contributed by atoms with Crippen molar-refractivity contribution in [1.29, 1.82) is 0 Å². The molecule has 0 atom stereocenters. The number of carbonyl (C=O) groups excluding carboxylic acids is 1. The van der Waals surface area contributed by atoms with Gasteiger partial charge in [-0.25, -0.2) is 9.78 Å². The first-order valence-electron chi connectivity index (χ1n) is 5.17. The highest BCUT2D eigenvalue weighted by molar-refractivity contribution is 7.11. The number of benzene rings is 1. The van der Waals surface area contributed by atoms with Gasteiger partial charge in [0.1, 0.15) is 0 Å². The molecule has 1 aromatic carbocycles. The fourth-order valence-corrected chi connectivity index (χ4v) is 2.16. The Morgan fingerprint density at radius 2 is 2.11 bits per heavy atom. The van der Waals surface area contributed by atoms with Crippen LogP contribution in [0.5, 0.6) is 5.19 Å². The van der Waals surface area contributed by atoms with Crippen molar-refractivity contribution in [3.8, 4) is 16.5 Å². The Hall–Kier alpha value is -1.59. The summed E-state index contributed by atoms with van der Waals surface area (Å²) >= 11 is 7.33. The van der Waals surface area contributed by atoms with Crippen LogP contribution >= 0.6 is 22.9 Å². The Balaban J connectivity index is 2.21. The van der Waals surface area contributed by atoms with Crippen LogP contribution in [0.2, 0.25) is 5.02 Å². The second-order valence-electron chi connectivity index (χ2n) is 3.74. The summed E-state index contributed by atoms with van der Waals surface area (Å²) in [5.41, 5.74) is 1.52. The number of rotatable bonds is 2. The van der Waals surface area contributed by atoms with Crippen molar-refractivity contribution in [2.75, 3.05) is 14.1 Å². The maximum absolute atomic E-state index is 11.4. The topological polar surface area (TPSA) is 42.4 Å². The summed E-state index contributed by atoms with van der Waals surface area (Å²) < 4.78 is 5.07. The van der Waals surface area contributed by atoms with Gasteiger partial charge in [-0.2, -0.15) is 0 Å². The third-order valence-corrected chi connectivity index (χ3v) is 3.22. The van der Waals surface area contributed by atoms with Crippen LogP contribution in [-0.4, -0.2) is 30.1 Å². The van der Waals surface area contributed by atoms with Crippen molar-refractivity contribution in [1.82, 2.24) is 9.88 Å². The molecule has 94 valence electrons. The molecule has 6 heteroatoms. The normalized spacial score (nSPS) is 10.2. The predicted molar refractivity (Wildman–Crippen MR) is 72.3 cm³/mol. The molecular weight excluding hydrogens is 272 g/mol. The molecule has 18 heavy (non-hydrogen) atoms. The number of amides is 1. The largest absolute Gasteiger partial charge is 0.416 e. The summed E-state index contributed by atoms with van der Waals surface area (Å²) in [6.45, 7) is 0. The van der Waals surface area contributed by atoms with Crippen molar-refractivity contribution < 1.29 is 9.53 Å². The lowest BCUT2D eigenvalue weighted by molar-refractivity contribution is 0.172. The lowest BCUT2D eigenvalue weighted by Crippen LogP contribution is -2.25. The Bertz CT molecular complexity index is 569. The Labute approximate surface area is 114 Å². The third kappa shape index (κ3) is 2.80. The van der Waals surface area contributed by atoms with Crippen LogP contribution in [0.4, 0.5) is 4.79 Å². The fraction of sp³-hybridized carbons (Fsp3) is 0.167. The maximum Gasteiger partial charge on any atom is 0.416 e. The molecule has 0 unspecified atom stereocenters. The minimum Gasteiger partial charge on any atom is -0.381 e. The molecule has 0 N–H and O–H groups in total. The van der Waals surface area contributed by atoms with Gasteiger partial charge in [0.25, 0.3) is 5.19 Å². The van der Waals surface area contributed by atoms with E-state index in [-0.39, 0.29) is 0 Å². The van der Waals surface area contributed by atoms with Gasteiger partial charge >= 0.3 is 6.09 Å². The number of thiazole rings is 1. The molecule has 0 aliphatic carbocycles. The first kappa shape index (κ1) is 12.9. The van der Waals surface area contributed by atoms with E-state index in [9.17, 15) is 4.79 Å². The van der Waals surface area contributed by atoms with Gasteiger partial charge in [0.2, 0.25) is 0 Å². The molecule has 2 aromatic rings. The third-order valence-electron chi connectivity index (χ3n) is 2.17. The van der Waals surface area contributed by atoms with Gasteiger partial charge in [0.05, 0.1) is 5.69 Å². The summed E-state index contributed by atoms with van der Waals surface area (Å²) in [4.78, 5) is 16.9. The summed E-state index contributed by atoms with van der Waals surface area (Å²) in [7, 11) is 3.23. The number of hydrogen-bond acceptors (Lipinski definition) is 4. The maximum atomic E-state index is 11.4. The molecule has 0 saturated carbocycles. The highest BCUT2D eigenvalue weighted by atomic mass is 35.5. The van der Waals surface area contributed by atoms with Crippen molar-refractivity contribution in [2.24, 2.45) is 0 Å². The van der Waals surface area contributed by atoms with Crippen molar-refractivity contribution >= 4 is 29.0 Å². The number of hydrogen-bond donors (Lipinski definition) is 0. The first-order valence-corrected chi connectivity index (χ1v) is 6.43. The molecule has 4 nitrogen and oxygen atoms in total. The van der Waals surface area contributed by atoms with Crippen LogP contribution in [0.1, 0.15) is 0 Å². The van der Waals surface area contributed by atoms with Gasteiger partial charge in [0.15, 0.2) is 0 Å². The summed E-state index contributed by atoms with van der Waals surface area (Å²) in [5, 5.41) is 2.73. The molecule has 0 aliphatic heterocycles. The van der Waals surface area contributed by atoms with E-state index >= 15 is 0 Å². The average molecular weight is 283 g/mol. The molecular formula is C12H11ClN2O2S. The lowest BCUT2D eigenvalue weighted by Gasteiger charge is -2.07. The summed E-state index contributed by atoms with van der Waals surface area (Å²) in [6.07, 6.45) is -0.449. The van der Waals surface area contributed by atoms with Crippen LogP contribution in [0, 0.1) is 0 Å². The number of nitrogens with zero attached hydrogens (tertiary/aromatic N) is 2. The highest BCUT2D eigenvalue weighted by Gasteiger charge is 2.12. The molecule has 0 radical (unpaired) electrons. The van der Waals surface area contributed by atoms with Gasteiger partial charge in [-0.3, -0.25) is 0 Å². The lowest BCUT2D eigenvalue weighted by atomic mass is 10.2. The Kier molecular flexibility index (Phi) is 3.84. The van der Waals surface area contributed by atoms with Gasteiger partial charge in [-0.15, -0.1) is 0 Å². The number of ether oxygens (including phenoxy) is 1. The van der Waals surface area contributed by atoms with Crippen LogP contribution in [0.25, 0.3) is 11.3 Å². The quantitative estimate of drug-likeness (QED) is 0.846. The standard InChI is InChI=1S/C12H11ClN2O2S/c1-15(2)12(16)17-11-14-10(7-18-11)8-5-3-4-6-9(8)13/h3-7H,1-2H3. The molecule has 0 fully saturated rings. The minimum atomic E-state index is -0.449. The van der Waals surface area contributed by atoms with E-state index in [0.717, 1.165) is 5.56 Å². The van der Waals surface area contributed by atoms with E-state index in [1.165, 1.54) is 16.2 Å². The molecule has 0 spiro atoms. The fourth-order valence-electron chi connectivity index (χ4n) is 1.26. The zero-order valence-electron chi connectivity index (χ0n) is 9.88. The van der Waals surface area contributed by atoms with Gasteiger partial charge in [-0.05, 0) is 6.07 Å². The van der Waals surface area contributed by atoms with Gasteiger partial charge in [-0.1, -0.05) is 41.1 Å². The first-order chi connectivity index (χ1) is 8.58. The summed E-state index contributed by atoms with van der Waals surface area (Å²) in [5.74, 6) is 0. The van der Waals surface area contributed by atoms with Gasteiger partial charge < -0.3 is 9.64 Å². The van der Waals surface area contributed by atoms with Crippen LogP contribution in [-0.2, 0) is 0 Å². The number of halogens is 1. The zero-order valence-corrected chi connectivity index (χ0v) is 11.5. The molecule has 0 bridgehead atoms. The molecule has 2 rings (SSSR count). The Morgan fingerprint density at radius 1 is 1.39 bits per heavy atom. The van der Waals surface area contributed by atoms with E-state index in [4.69, 9.17) is 16.3 Å². The van der Waals surface area contributed by atoms with E-state index in [0.29, 0.717) is 15.9 Å². The monoisotopic (exact) mass is 282 g/mol. The van der Waals surface area contributed by atoms with E-state index in [1.54, 1.807) is 25.5 Å². The molecule has 0 aliphatic rings. The summed E-state index contributed by atoms with van der Waals surface area (Å²) in [6, 6.07) is 7.40. The van der Waals surface area contributed by atoms with Crippen LogP contribution in [0.15, 0.2) is 29.6 Å². The number of carbonyl (C=O) groups is 1. The van der Waals surface area contributed by atoms with Crippen LogP contribution in [0.3, 0.4) is 0 Å². The van der Waals surface area contributed by atoms with Crippen molar-refractivity contribution in [3.63, 3.8) is 0 Å². The van der Waals surface area contributed by atoms with Crippen molar-refractivity contribution in [2.45, 2.75) is 0 Å². The van der Waals surface area contributed by atoms with Crippen LogP contribution < -0.4 is 4.74 Å². The van der Waals surface area contributed by atoms with E-state index in [2.05, 4.69) is 4.98 Å². The smallest absolute Gasteiger partial charge is 0.381 e. The van der Waals surface area contributed by atoms with E-state index in [1.807, 2.05) is 18.2 Å². The Morgan fingerprint density at radius 3 is 2.78 bits per heavy atom.